The minimum absolute atomic E-state index is 0.0339. The number of nitro benzene ring substituents is 1. The van der Waals surface area contributed by atoms with E-state index in [-0.39, 0.29) is 22.6 Å². The van der Waals surface area contributed by atoms with Gasteiger partial charge in [-0.25, -0.2) is 0 Å². The third-order valence-corrected chi connectivity index (χ3v) is 5.84. The van der Waals surface area contributed by atoms with Gasteiger partial charge in [0.2, 0.25) is 5.91 Å². The van der Waals surface area contributed by atoms with E-state index >= 15 is 0 Å². The van der Waals surface area contributed by atoms with Crippen molar-refractivity contribution in [2.24, 2.45) is 0 Å². The second-order valence-electron chi connectivity index (χ2n) is 6.48. The smallest absolute Gasteiger partial charge is 0.338 e. The molecule has 0 fully saturated rings. The normalized spacial score (nSPS) is 15.9. The Balaban J connectivity index is 1.72. The molecular weight excluding hydrogens is 393 g/mol. The zero-order chi connectivity index (χ0) is 20.5. The van der Waals surface area contributed by atoms with E-state index in [1.54, 1.807) is 11.9 Å². The van der Waals surface area contributed by atoms with E-state index in [9.17, 15) is 28.1 Å². The highest BCUT2D eigenvalue weighted by Gasteiger charge is 2.33. The fraction of sp³-hybridized carbons (Fsp3) is 0.316. The molecular formula is C19H17F3N2O3S. The maximum Gasteiger partial charge on any atom is 0.416 e. The first-order valence-corrected chi connectivity index (χ1v) is 9.49. The molecule has 3 rings (SSSR count). The Morgan fingerprint density at radius 1 is 1.29 bits per heavy atom. The van der Waals surface area contributed by atoms with Crippen molar-refractivity contribution in [3.8, 4) is 0 Å². The molecule has 1 amide bonds. The summed E-state index contributed by atoms with van der Waals surface area (Å²) in [6.07, 6.45) is -3.00. The van der Waals surface area contributed by atoms with Crippen molar-refractivity contribution in [2.75, 3.05) is 12.8 Å². The van der Waals surface area contributed by atoms with Gasteiger partial charge in [-0.05, 0) is 36.1 Å². The molecule has 1 aliphatic rings. The van der Waals surface area contributed by atoms with Crippen LogP contribution in [0.1, 0.15) is 29.2 Å². The molecule has 0 aliphatic heterocycles. The monoisotopic (exact) mass is 410 g/mol. The molecule has 1 atom stereocenters. The van der Waals surface area contributed by atoms with Crippen molar-refractivity contribution in [3.05, 3.63) is 69.3 Å². The van der Waals surface area contributed by atoms with Crippen LogP contribution in [0.15, 0.2) is 47.4 Å². The second kappa shape index (κ2) is 7.83. The summed E-state index contributed by atoms with van der Waals surface area (Å²) in [5.74, 6) is -0.331. The van der Waals surface area contributed by atoms with Crippen molar-refractivity contribution in [3.63, 3.8) is 0 Å². The summed E-state index contributed by atoms with van der Waals surface area (Å²) in [4.78, 5) is 24.5. The van der Waals surface area contributed by atoms with Crippen LogP contribution in [0.5, 0.6) is 0 Å². The Hall–Kier alpha value is -2.55. The van der Waals surface area contributed by atoms with E-state index in [4.69, 9.17) is 0 Å². The first kappa shape index (κ1) is 20.2. The number of nitrogens with zero attached hydrogens (tertiary/aromatic N) is 2. The lowest BCUT2D eigenvalue weighted by atomic mass is 10.1. The van der Waals surface area contributed by atoms with Crippen molar-refractivity contribution < 1.29 is 22.9 Å². The number of amides is 1. The minimum atomic E-state index is -4.67. The molecule has 0 N–H and O–H groups in total. The fourth-order valence-electron chi connectivity index (χ4n) is 3.31. The topological polar surface area (TPSA) is 63.5 Å². The number of hydrogen-bond acceptors (Lipinski definition) is 4. The molecule has 9 heteroatoms. The van der Waals surface area contributed by atoms with E-state index in [0.29, 0.717) is 6.07 Å². The minimum Gasteiger partial charge on any atom is -0.338 e. The maximum absolute atomic E-state index is 12.8. The van der Waals surface area contributed by atoms with Gasteiger partial charge in [0.05, 0.1) is 27.2 Å². The Kier molecular flexibility index (Phi) is 5.64. The van der Waals surface area contributed by atoms with Gasteiger partial charge in [-0.15, -0.1) is 11.8 Å². The number of aryl methyl sites for hydroxylation is 1. The summed E-state index contributed by atoms with van der Waals surface area (Å²) in [7, 11) is 1.68. The largest absolute Gasteiger partial charge is 0.416 e. The van der Waals surface area contributed by atoms with E-state index in [1.165, 1.54) is 5.56 Å². The average molecular weight is 410 g/mol. The molecule has 5 nitrogen and oxygen atoms in total. The molecule has 28 heavy (non-hydrogen) atoms. The predicted octanol–water partition coefficient (Wildman–Crippen LogP) is 4.85. The Morgan fingerprint density at radius 3 is 2.68 bits per heavy atom. The van der Waals surface area contributed by atoms with Gasteiger partial charge in [0.15, 0.2) is 0 Å². The number of nitro groups is 1. The number of carbonyl (C=O) groups is 1. The first-order chi connectivity index (χ1) is 13.2. The number of fused-ring (bicyclic) bond motifs is 1. The Bertz CT molecular complexity index is 918. The molecule has 1 unspecified atom stereocenters. The van der Waals surface area contributed by atoms with Gasteiger partial charge < -0.3 is 4.90 Å². The third kappa shape index (κ3) is 4.14. The SMILES string of the molecule is CN(C(=O)CSc1ccc(C(F)(F)F)cc1[N+](=O)[O-])C1CCc2ccccc21. The van der Waals surface area contributed by atoms with Crippen LogP contribution in [0.25, 0.3) is 0 Å². The second-order valence-corrected chi connectivity index (χ2v) is 7.50. The highest BCUT2D eigenvalue weighted by molar-refractivity contribution is 8.00. The van der Waals surface area contributed by atoms with Crippen LogP contribution >= 0.6 is 11.8 Å². The van der Waals surface area contributed by atoms with Gasteiger partial charge in [0.25, 0.3) is 5.69 Å². The summed E-state index contributed by atoms with van der Waals surface area (Å²) in [6.45, 7) is 0. The molecule has 2 aromatic carbocycles. The lowest BCUT2D eigenvalue weighted by molar-refractivity contribution is -0.388. The Morgan fingerprint density at radius 2 is 2.00 bits per heavy atom. The number of carbonyl (C=O) groups excluding carboxylic acids is 1. The van der Waals surface area contributed by atoms with Crippen LogP contribution in [0, 0.1) is 10.1 Å². The van der Waals surface area contributed by atoms with Crippen molar-refractivity contribution in [1.29, 1.82) is 0 Å². The molecule has 0 aromatic heterocycles. The van der Waals surface area contributed by atoms with Gasteiger partial charge in [-0.2, -0.15) is 13.2 Å². The van der Waals surface area contributed by atoms with Crippen molar-refractivity contribution >= 4 is 23.4 Å². The zero-order valence-corrected chi connectivity index (χ0v) is 15.7. The number of halogens is 3. The van der Waals surface area contributed by atoms with E-state index in [2.05, 4.69) is 0 Å². The van der Waals surface area contributed by atoms with E-state index < -0.39 is 22.4 Å². The van der Waals surface area contributed by atoms with Crippen LogP contribution in [-0.4, -0.2) is 28.5 Å². The summed E-state index contributed by atoms with van der Waals surface area (Å²) in [5.41, 5.74) is 0.540. The van der Waals surface area contributed by atoms with E-state index in [0.717, 1.165) is 42.3 Å². The van der Waals surface area contributed by atoms with Crippen molar-refractivity contribution in [2.45, 2.75) is 30.0 Å². The standard InChI is InChI=1S/C19H17F3N2O3S/c1-23(15-8-6-12-4-2-3-5-14(12)15)18(25)11-28-17-9-7-13(19(20,21)22)10-16(17)24(26)27/h2-5,7,9-10,15H,6,8,11H2,1H3. The highest BCUT2D eigenvalue weighted by Crippen LogP contribution is 2.38. The number of thioether (sulfide) groups is 1. The average Bonchev–Trinajstić information content (AvgIpc) is 3.08. The molecule has 0 heterocycles. The molecule has 1 aliphatic carbocycles. The van der Waals surface area contributed by atoms with Crippen LogP contribution < -0.4 is 0 Å². The number of benzene rings is 2. The van der Waals surface area contributed by atoms with Crippen molar-refractivity contribution in [1.82, 2.24) is 4.90 Å². The summed E-state index contributed by atoms with van der Waals surface area (Å²) >= 11 is 0.871. The highest BCUT2D eigenvalue weighted by atomic mass is 32.2. The Labute approximate surface area is 163 Å². The van der Waals surface area contributed by atoms with Gasteiger partial charge in [0, 0.05) is 13.1 Å². The fourth-order valence-corrected chi connectivity index (χ4v) is 4.24. The van der Waals surface area contributed by atoms with Crippen LogP contribution in [0.3, 0.4) is 0 Å². The molecule has 0 bridgehead atoms. The summed E-state index contributed by atoms with van der Waals surface area (Å²) < 4.78 is 38.4. The first-order valence-electron chi connectivity index (χ1n) is 8.50. The van der Waals surface area contributed by atoms with E-state index in [1.807, 2.05) is 24.3 Å². The molecule has 2 aromatic rings. The summed E-state index contributed by atoms with van der Waals surface area (Å²) in [5, 5.41) is 11.2. The zero-order valence-electron chi connectivity index (χ0n) is 14.9. The number of rotatable bonds is 5. The van der Waals surface area contributed by atoms with Crippen LogP contribution in [-0.2, 0) is 17.4 Å². The maximum atomic E-state index is 12.8. The molecule has 0 radical (unpaired) electrons. The molecule has 0 saturated heterocycles. The molecule has 0 saturated carbocycles. The predicted molar refractivity (Wildman–Crippen MR) is 99.1 cm³/mol. The van der Waals surface area contributed by atoms with Gasteiger partial charge in [0.1, 0.15) is 0 Å². The van der Waals surface area contributed by atoms with Crippen LogP contribution in [0.2, 0.25) is 0 Å². The number of hydrogen-bond donors (Lipinski definition) is 0. The molecule has 0 spiro atoms. The lowest BCUT2D eigenvalue weighted by Crippen LogP contribution is -2.31. The number of alkyl halides is 3. The van der Waals surface area contributed by atoms with Gasteiger partial charge >= 0.3 is 6.18 Å². The lowest BCUT2D eigenvalue weighted by Gasteiger charge is -2.25. The quantitative estimate of drug-likeness (QED) is 0.402. The third-order valence-electron chi connectivity index (χ3n) is 4.80. The van der Waals surface area contributed by atoms with Gasteiger partial charge in [-0.3, -0.25) is 14.9 Å². The van der Waals surface area contributed by atoms with Crippen LogP contribution in [0.4, 0.5) is 18.9 Å². The molecule has 148 valence electrons. The van der Waals surface area contributed by atoms with Gasteiger partial charge in [-0.1, -0.05) is 24.3 Å². The summed E-state index contributed by atoms with van der Waals surface area (Å²) in [6, 6.07) is 10.1.